The van der Waals surface area contributed by atoms with Crippen molar-refractivity contribution in [3.63, 3.8) is 0 Å². The van der Waals surface area contributed by atoms with Gasteiger partial charge in [-0.05, 0) is 57.3 Å². The summed E-state index contributed by atoms with van der Waals surface area (Å²) in [5.41, 5.74) is 1.33. The second kappa shape index (κ2) is 5.30. The lowest BCUT2D eigenvalue weighted by molar-refractivity contribution is 0.232. The summed E-state index contributed by atoms with van der Waals surface area (Å²) in [6.07, 6.45) is 4.44. The summed E-state index contributed by atoms with van der Waals surface area (Å²) >= 11 is 0. The van der Waals surface area contributed by atoms with Gasteiger partial charge in [0.15, 0.2) is 0 Å². The number of nitrogens with zero attached hydrogens (tertiary/aromatic N) is 1. The first-order chi connectivity index (χ1) is 7.74. The minimum absolute atomic E-state index is 0.191. The molecule has 16 heavy (non-hydrogen) atoms. The Bertz CT molecular complexity index is 332. The van der Waals surface area contributed by atoms with Crippen LogP contribution in [-0.4, -0.2) is 24.2 Å². The fourth-order valence-electron chi connectivity index (χ4n) is 2.11. The third-order valence-electron chi connectivity index (χ3n) is 2.84. The summed E-state index contributed by atoms with van der Waals surface area (Å²) in [4.78, 5) is 4.22. The van der Waals surface area contributed by atoms with Gasteiger partial charge < -0.3 is 10.1 Å². The van der Waals surface area contributed by atoms with Crippen molar-refractivity contribution in [2.75, 3.05) is 13.1 Å². The molecule has 3 nitrogen and oxygen atoms in total. The quantitative estimate of drug-likeness (QED) is 0.843. The lowest BCUT2D eigenvalue weighted by atomic mass is 9.99. The topological polar surface area (TPSA) is 34.1 Å². The van der Waals surface area contributed by atoms with Gasteiger partial charge in [-0.25, -0.2) is 4.98 Å². The molecule has 0 aliphatic carbocycles. The van der Waals surface area contributed by atoms with Crippen molar-refractivity contribution in [1.29, 1.82) is 0 Å². The van der Waals surface area contributed by atoms with Gasteiger partial charge in [-0.1, -0.05) is 0 Å². The number of hydrogen-bond acceptors (Lipinski definition) is 3. The molecule has 0 spiro atoms. The van der Waals surface area contributed by atoms with Crippen LogP contribution in [0.2, 0.25) is 0 Å². The van der Waals surface area contributed by atoms with Crippen LogP contribution in [0.4, 0.5) is 0 Å². The van der Waals surface area contributed by atoms with Gasteiger partial charge in [0.2, 0.25) is 5.88 Å². The number of pyridine rings is 1. The molecule has 1 aliphatic heterocycles. The van der Waals surface area contributed by atoms with Gasteiger partial charge in [0, 0.05) is 12.3 Å². The first-order valence-electron chi connectivity index (χ1n) is 6.06. The molecule has 3 heteroatoms. The SMILES string of the molecule is CC(C)Oc1cc(C[C@H]2CCNC2)ccn1. The average molecular weight is 220 g/mol. The Morgan fingerprint density at radius 3 is 3.12 bits per heavy atom. The molecular formula is C13H20N2O. The highest BCUT2D eigenvalue weighted by atomic mass is 16.5. The number of rotatable bonds is 4. The van der Waals surface area contributed by atoms with E-state index < -0.39 is 0 Å². The van der Waals surface area contributed by atoms with Crippen LogP contribution in [0.5, 0.6) is 5.88 Å². The zero-order valence-corrected chi connectivity index (χ0v) is 10.1. The normalized spacial score (nSPS) is 20.3. The van der Waals surface area contributed by atoms with Gasteiger partial charge in [-0.3, -0.25) is 0 Å². The lowest BCUT2D eigenvalue weighted by Crippen LogP contribution is -2.11. The molecule has 1 atom stereocenters. The molecule has 0 amide bonds. The van der Waals surface area contributed by atoms with Gasteiger partial charge >= 0.3 is 0 Å². The van der Waals surface area contributed by atoms with Crippen LogP contribution >= 0.6 is 0 Å². The third kappa shape index (κ3) is 3.20. The van der Waals surface area contributed by atoms with E-state index in [-0.39, 0.29) is 6.10 Å². The Kier molecular flexibility index (Phi) is 3.78. The highest BCUT2D eigenvalue weighted by Crippen LogP contribution is 2.18. The van der Waals surface area contributed by atoms with E-state index in [2.05, 4.69) is 22.4 Å². The number of aromatic nitrogens is 1. The second-order valence-corrected chi connectivity index (χ2v) is 4.73. The summed E-state index contributed by atoms with van der Waals surface area (Å²) in [6, 6.07) is 4.16. The summed E-state index contributed by atoms with van der Waals surface area (Å²) in [6.45, 7) is 6.35. The van der Waals surface area contributed by atoms with Gasteiger partial charge in [0.1, 0.15) is 0 Å². The molecular weight excluding hydrogens is 200 g/mol. The molecule has 1 N–H and O–H groups in total. The van der Waals surface area contributed by atoms with Crippen molar-refractivity contribution in [2.45, 2.75) is 32.8 Å². The van der Waals surface area contributed by atoms with Crippen LogP contribution in [-0.2, 0) is 6.42 Å². The molecule has 0 saturated carbocycles. The van der Waals surface area contributed by atoms with Gasteiger partial charge in [0.05, 0.1) is 6.10 Å². The Hall–Kier alpha value is -1.09. The zero-order valence-electron chi connectivity index (χ0n) is 10.1. The Morgan fingerprint density at radius 1 is 1.56 bits per heavy atom. The maximum absolute atomic E-state index is 5.59. The Labute approximate surface area is 97.2 Å². The van der Waals surface area contributed by atoms with Crippen molar-refractivity contribution in [3.8, 4) is 5.88 Å². The van der Waals surface area contributed by atoms with Crippen LogP contribution < -0.4 is 10.1 Å². The van der Waals surface area contributed by atoms with Gasteiger partial charge in [0.25, 0.3) is 0 Å². The molecule has 1 fully saturated rings. The molecule has 2 rings (SSSR count). The second-order valence-electron chi connectivity index (χ2n) is 4.73. The van der Waals surface area contributed by atoms with E-state index in [1.165, 1.54) is 12.0 Å². The molecule has 1 aromatic rings. The van der Waals surface area contributed by atoms with E-state index >= 15 is 0 Å². The van der Waals surface area contributed by atoms with Gasteiger partial charge in [-0.2, -0.15) is 0 Å². The maximum Gasteiger partial charge on any atom is 0.213 e. The molecule has 0 bridgehead atoms. The van der Waals surface area contributed by atoms with E-state index in [0.717, 1.165) is 31.3 Å². The predicted octanol–water partition coefficient (Wildman–Crippen LogP) is 2.02. The van der Waals surface area contributed by atoms with Crippen molar-refractivity contribution in [1.82, 2.24) is 10.3 Å². The Morgan fingerprint density at radius 2 is 2.44 bits per heavy atom. The van der Waals surface area contributed by atoms with Crippen molar-refractivity contribution in [3.05, 3.63) is 23.9 Å². The largest absolute Gasteiger partial charge is 0.475 e. The van der Waals surface area contributed by atoms with E-state index in [4.69, 9.17) is 4.74 Å². The van der Waals surface area contributed by atoms with Crippen LogP contribution in [0.15, 0.2) is 18.3 Å². The van der Waals surface area contributed by atoms with Crippen LogP contribution in [0.25, 0.3) is 0 Å². The molecule has 1 aliphatic rings. The fraction of sp³-hybridized carbons (Fsp3) is 0.615. The molecule has 0 aromatic carbocycles. The Balaban J connectivity index is 1.97. The smallest absolute Gasteiger partial charge is 0.213 e. The summed E-state index contributed by atoms with van der Waals surface area (Å²) in [5, 5.41) is 3.39. The molecule has 1 saturated heterocycles. The monoisotopic (exact) mass is 220 g/mol. The highest BCUT2D eigenvalue weighted by molar-refractivity contribution is 5.21. The number of ether oxygens (including phenoxy) is 1. The minimum atomic E-state index is 0.191. The van der Waals surface area contributed by atoms with E-state index in [9.17, 15) is 0 Å². The predicted molar refractivity (Wildman–Crippen MR) is 64.7 cm³/mol. The summed E-state index contributed by atoms with van der Waals surface area (Å²) in [5.74, 6) is 1.52. The first-order valence-corrected chi connectivity index (χ1v) is 6.06. The molecule has 1 aromatic heterocycles. The van der Waals surface area contributed by atoms with E-state index in [0.29, 0.717) is 0 Å². The lowest BCUT2D eigenvalue weighted by Gasteiger charge is -2.11. The first kappa shape index (κ1) is 11.4. The van der Waals surface area contributed by atoms with Crippen LogP contribution in [0.1, 0.15) is 25.8 Å². The van der Waals surface area contributed by atoms with Crippen molar-refractivity contribution < 1.29 is 4.74 Å². The van der Waals surface area contributed by atoms with E-state index in [1.54, 1.807) is 0 Å². The molecule has 0 unspecified atom stereocenters. The van der Waals surface area contributed by atoms with Crippen LogP contribution in [0, 0.1) is 5.92 Å². The standard InChI is InChI=1S/C13H20N2O/c1-10(2)16-13-8-11(4-6-15-13)7-12-3-5-14-9-12/h4,6,8,10,12,14H,3,5,7,9H2,1-2H3/t12-/m1/s1. The number of nitrogens with one attached hydrogen (secondary N) is 1. The minimum Gasteiger partial charge on any atom is -0.475 e. The highest BCUT2D eigenvalue weighted by Gasteiger charge is 2.15. The van der Waals surface area contributed by atoms with E-state index in [1.807, 2.05) is 20.0 Å². The fourth-order valence-corrected chi connectivity index (χ4v) is 2.11. The maximum atomic E-state index is 5.59. The average Bonchev–Trinajstić information content (AvgIpc) is 2.70. The number of hydrogen-bond donors (Lipinski definition) is 1. The summed E-state index contributed by atoms with van der Waals surface area (Å²) < 4.78 is 5.59. The molecule has 2 heterocycles. The molecule has 0 radical (unpaired) electrons. The molecule has 88 valence electrons. The van der Waals surface area contributed by atoms with Crippen LogP contribution in [0.3, 0.4) is 0 Å². The third-order valence-corrected chi connectivity index (χ3v) is 2.84. The van der Waals surface area contributed by atoms with Crippen molar-refractivity contribution in [2.24, 2.45) is 5.92 Å². The summed E-state index contributed by atoms with van der Waals surface area (Å²) in [7, 11) is 0. The van der Waals surface area contributed by atoms with Gasteiger partial charge in [-0.15, -0.1) is 0 Å². The van der Waals surface area contributed by atoms with Crippen molar-refractivity contribution >= 4 is 0 Å². The zero-order chi connectivity index (χ0) is 11.4.